The van der Waals surface area contributed by atoms with Crippen LogP contribution in [0.2, 0.25) is 5.02 Å². The second kappa shape index (κ2) is 4.76. The van der Waals surface area contributed by atoms with Crippen LogP contribution in [0.25, 0.3) is 0 Å². The van der Waals surface area contributed by atoms with Crippen molar-refractivity contribution in [3.63, 3.8) is 0 Å². The fraction of sp³-hybridized carbons (Fsp3) is 0.364. The molecule has 1 amide bonds. The molecule has 17 heavy (non-hydrogen) atoms. The number of hydrogen-bond donors (Lipinski definition) is 3. The standard InChI is InChI=1S/C11H17ClN2O2S/c1-11(2,10(15)14-13)17(3,16)9-6-4-8(12)5-7-9/h4-7,17H,13H2,1-3H3,(H,14,15). The smallest absolute Gasteiger partial charge is 0.250 e. The molecular formula is C11H17ClN2O2S. The Bertz CT molecular complexity index is 471. The number of thiol groups is 1. The molecule has 0 aromatic heterocycles. The molecule has 6 heteroatoms. The average molecular weight is 277 g/mol. The Kier molecular flexibility index (Phi) is 3.96. The number of nitrogens with one attached hydrogen (secondary N) is 1. The Balaban J connectivity index is 3.23. The summed E-state index contributed by atoms with van der Waals surface area (Å²) < 4.78 is 11.7. The number of amides is 1. The number of rotatable bonds is 3. The summed E-state index contributed by atoms with van der Waals surface area (Å²) in [5, 5.41) is 0.565. The van der Waals surface area contributed by atoms with Crippen LogP contribution in [-0.2, 0) is 14.7 Å². The SMILES string of the molecule is CC(C)(C(=O)NN)[SH](C)(=O)c1ccc(Cl)cc1. The van der Waals surface area contributed by atoms with Gasteiger partial charge in [-0.15, -0.1) is 0 Å². The number of halogens is 1. The van der Waals surface area contributed by atoms with Gasteiger partial charge in [0.15, 0.2) is 0 Å². The lowest BCUT2D eigenvalue weighted by Gasteiger charge is -2.34. The molecule has 96 valence electrons. The third-order valence-electron chi connectivity index (χ3n) is 3.07. The zero-order valence-electron chi connectivity index (χ0n) is 10.0. The Morgan fingerprint density at radius 2 is 1.82 bits per heavy atom. The van der Waals surface area contributed by atoms with Crippen LogP contribution in [0.15, 0.2) is 29.2 Å². The highest BCUT2D eigenvalue weighted by Crippen LogP contribution is 2.31. The quantitative estimate of drug-likeness (QED) is 0.335. The number of carbonyl (C=O) groups excluding carboxylic acids is 1. The van der Waals surface area contributed by atoms with Crippen molar-refractivity contribution in [2.24, 2.45) is 5.84 Å². The van der Waals surface area contributed by atoms with Crippen LogP contribution in [0.3, 0.4) is 0 Å². The van der Waals surface area contributed by atoms with Crippen molar-refractivity contribution in [1.82, 2.24) is 5.43 Å². The summed E-state index contributed by atoms with van der Waals surface area (Å²) >= 11 is 5.78. The van der Waals surface area contributed by atoms with E-state index in [2.05, 4.69) is 5.43 Å². The van der Waals surface area contributed by atoms with Crippen molar-refractivity contribution >= 4 is 27.4 Å². The van der Waals surface area contributed by atoms with E-state index in [-0.39, 0.29) is 0 Å². The number of carbonyl (C=O) groups is 1. The maximum absolute atomic E-state index is 12.8. The molecular weight excluding hydrogens is 260 g/mol. The van der Waals surface area contributed by atoms with E-state index < -0.39 is 20.6 Å². The van der Waals surface area contributed by atoms with E-state index in [1.54, 1.807) is 44.4 Å². The molecule has 3 N–H and O–H groups in total. The van der Waals surface area contributed by atoms with Crippen LogP contribution in [-0.4, -0.2) is 21.1 Å². The van der Waals surface area contributed by atoms with Gasteiger partial charge in [-0.1, -0.05) is 21.5 Å². The van der Waals surface area contributed by atoms with Gasteiger partial charge in [-0.2, -0.15) is 0 Å². The second-order valence-corrected chi connectivity index (χ2v) is 8.35. The third kappa shape index (κ3) is 2.51. The van der Waals surface area contributed by atoms with Gasteiger partial charge < -0.3 is 0 Å². The second-order valence-electron chi connectivity index (χ2n) is 4.43. The van der Waals surface area contributed by atoms with Gasteiger partial charge in [0, 0.05) is 9.92 Å². The fourth-order valence-corrected chi connectivity index (χ4v) is 3.36. The van der Waals surface area contributed by atoms with Crippen molar-refractivity contribution in [3.8, 4) is 0 Å². The summed E-state index contributed by atoms with van der Waals surface area (Å²) in [5.41, 5.74) is 2.06. The molecule has 4 nitrogen and oxygen atoms in total. The van der Waals surface area contributed by atoms with E-state index in [1.165, 1.54) is 0 Å². The van der Waals surface area contributed by atoms with Crippen LogP contribution in [0.5, 0.6) is 0 Å². The predicted molar refractivity (Wildman–Crippen MR) is 71.6 cm³/mol. The first-order chi connectivity index (χ1) is 7.73. The van der Waals surface area contributed by atoms with Crippen LogP contribution >= 0.6 is 11.6 Å². The Morgan fingerprint density at radius 3 is 2.24 bits per heavy atom. The third-order valence-corrected chi connectivity index (χ3v) is 6.94. The van der Waals surface area contributed by atoms with Crippen LogP contribution in [0, 0.1) is 0 Å². The van der Waals surface area contributed by atoms with Crippen LogP contribution in [0.1, 0.15) is 13.8 Å². The van der Waals surface area contributed by atoms with Crippen molar-refractivity contribution in [3.05, 3.63) is 29.3 Å². The summed E-state index contributed by atoms with van der Waals surface area (Å²) in [6.07, 6.45) is 1.57. The predicted octanol–water partition coefficient (Wildman–Crippen LogP) is 1.11. The molecule has 1 rings (SSSR count). The van der Waals surface area contributed by atoms with Gasteiger partial charge in [0.25, 0.3) is 0 Å². The van der Waals surface area contributed by atoms with E-state index >= 15 is 0 Å². The summed E-state index contributed by atoms with van der Waals surface area (Å²) in [6.45, 7) is 3.23. The highest BCUT2D eigenvalue weighted by atomic mass is 35.5. The monoisotopic (exact) mass is 276 g/mol. The molecule has 0 fully saturated rings. The fourth-order valence-electron chi connectivity index (χ4n) is 1.42. The summed E-state index contributed by atoms with van der Waals surface area (Å²) in [4.78, 5) is 12.3. The number of nitrogens with two attached hydrogens (primary N) is 1. The lowest BCUT2D eigenvalue weighted by Crippen LogP contribution is -2.52. The first-order valence-electron chi connectivity index (χ1n) is 5.08. The Morgan fingerprint density at radius 1 is 1.35 bits per heavy atom. The largest absolute Gasteiger partial charge is 0.293 e. The Hall–Kier alpha value is -0.910. The van der Waals surface area contributed by atoms with Gasteiger partial charge in [-0.3, -0.25) is 14.4 Å². The Labute approximate surface area is 107 Å². The molecule has 0 unspecified atom stereocenters. The number of benzene rings is 1. The average Bonchev–Trinajstić information content (AvgIpc) is 2.28. The van der Waals surface area contributed by atoms with Crippen LogP contribution < -0.4 is 11.3 Å². The minimum atomic E-state index is -2.89. The summed E-state index contributed by atoms with van der Waals surface area (Å²) in [7, 11) is -2.89. The maximum Gasteiger partial charge on any atom is 0.250 e. The number of hydrogen-bond acceptors (Lipinski definition) is 3. The van der Waals surface area contributed by atoms with E-state index in [0.29, 0.717) is 9.92 Å². The molecule has 1 aromatic carbocycles. The van der Waals surface area contributed by atoms with Gasteiger partial charge >= 0.3 is 0 Å². The molecule has 0 aliphatic carbocycles. The van der Waals surface area contributed by atoms with Gasteiger partial charge in [-0.25, -0.2) is 5.84 Å². The van der Waals surface area contributed by atoms with Crippen LogP contribution in [0.4, 0.5) is 0 Å². The zero-order valence-corrected chi connectivity index (χ0v) is 11.7. The molecule has 0 atom stereocenters. The molecule has 0 aliphatic heterocycles. The molecule has 0 heterocycles. The molecule has 1 aromatic rings. The van der Waals surface area contributed by atoms with E-state index in [4.69, 9.17) is 17.4 Å². The van der Waals surface area contributed by atoms with Crippen molar-refractivity contribution in [2.75, 3.05) is 6.26 Å². The minimum Gasteiger partial charge on any atom is -0.293 e. The van der Waals surface area contributed by atoms with Gasteiger partial charge in [0.1, 0.15) is 4.75 Å². The van der Waals surface area contributed by atoms with E-state index in [1.807, 2.05) is 0 Å². The lowest BCUT2D eigenvalue weighted by atomic mass is 10.2. The molecule has 0 saturated heterocycles. The number of hydrazine groups is 1. The highest BCUT2D eigenvalue weighted by Gasteiger charge is 2.39. The molecule has 0 radical (unpaired) electrons. The minimum absolute atomic E-state index is 0.446. The summed E-state index contributed by atoms with van der Waals surface area (Å²) in [6, 6.07) is 6.66. The highest BCUT2D eigenvalue weighted by molar-refractivity contribution is 8.04. The van der Waals surface area contributed by atoms with Gasteiger partial charge in [-0.05, 0) is 44.4 Å². The lowest BCUT2D eigenvalue weighted by molar-refractivity contribution is -0.122. The topological polar surface area (TPSA) is 72.2 Å². The van der Waals surface area contributed by atoms with Crippen molar-refractivity contribution in [2.45, 2.75) is 23.5 Å². The van der Waals surface area contributed by atoms with E-state index in [9.17, 15) is 9.00 Å². The summed E-state index contributed by atoms with van der Waals surface area (Å²) in [5.74, 6) is 4.67. The molecule has 0 saturated carbocycles. The van der Waals surface area contributed by atoms with Crippen molar-refractivity contribution < 1.29 is 9.00 Å². The maximum atomic E-state index is 12.8. The van der Waals surface area contributed by atoms with Gasteiger partial charge in [0.2, 0.25) is 5.91 Å². The first kappa shape index (κ1) is 14.2. The zero-order chi connectivity index (χ0) is 13.3. The van der Waals surface area contributed by atoms with Gasteiger partial charge in [0.05, 0.1) is 0 Å². The molecule has 0 bridgehead atoms. The molecule has 0 aliphatic rings. The molecule has 0 spiro atoms. The first-order valence-corrected chi connectivity index (χ1v) is 7.61. The van der Waals surface area contributed by atoms with E-state index in [0.717, 1.165) is 0 Å². The van der Waals surface area contributed by atoms with Crippen molar-refractivity contribution in [1.29, 1.82) is 0 Å². The normalized spacial score (nSPS) is 13.2.